The van der Waals surface area contributed by atoms with Gasteiger partial charge in [0.2, 0.25) is 5.91 Å². The molecule has 2 N–H and O–H groups in total. The molecule has 1 saturated carbocycles. The maximum Gasteiger partial charge on any atom is 0.321 e. The fraction of sp³-hybridized carbons (Fsp3) is 0.500. The zero-order valence-corrected chi connectivity index (χ0v) is 16.5. The van der Waals surface area contributed by atoms with Gasteiger partial charge < -0.3 is 25.2 Å². The largest absolute Gasteiger partial charge is 0.469 e. The lowest BCUT2D eigenvalue weighted by Gasteiger charge is -2.34. The summed E-state index contributed by atoms with van der Waals surface area (Å²) in [6, 6.07) is 6.30. The molecule has 0 unspecified atom stereocenters. The first-order valence-electron chi connectivity index (χ1n) is 9.77. The van der Waals surface area contributed by atoms with Crippen LogP contribution in [0, 0.1) is 5.92 Å². The molecule has 0 radical (unpaired) electrons. The normalized spacial score (nSPS) is 16.2. The molecule has 29 heavy (non-hydrogen) atoms. The first kappa shape index (κ1) is 20.6. The summed E-state index contributed by atoms with van der Waals surface area (Å²) in [5.74, 6) is -0.276. The summed E-state index contributed by atoms with van der Waals surface area (Å²) >= 11 is 0. The number of rotatable bonds is 6. The standard InChI is InChI=1S/C20H26N4O5/c1-29-17(25)8-9-21-18(26)14-4-6-16(7-5-14)22-20(28)24-12-10-23(11-13-24)19(27)15-2-3-15/h4-7,15H,2-3,8-13H2,1H3,(H,21,26)(H,22,28). The summed E-state index contributed by atoms with van der Waals surface area (Å²) in [7, 11) is 1.30. The highest BCUT2D eigenvalue weighted by atomic mass is 16.5. The summed E-state index contributed by atoms with van der Waals surface area (Å²) in [5, 5.41) is 5.45. The van der Waals surface area contributed by atoms with Gasteiger partial charge >= 0.3 is 12.0 Å². The van der Waals surface area contributed by atoms with Crippen LogP contribution in [0.4, 0.5) is 10.5 Å². The lowest BCUT2D eigenvalue weighted by atomic mass is 10.2. The van der Waals surface area contributed by atoms with Crippen molar-refractivity contribution in [2.75, 3.05) is 45.2 Å². The molecule has 0 atom stereocenters. The Morgan fingerprint density at radius 2 is 1.62 bits per heavy atom. The number of anilines is 1. The van der Waals surface area contributed by atoms with E-state index in [9.17, 15) is 19.2 Å². The van der Waals surface area contributed by atoms with Crippen molar-refractivity contribution >= 4 is 29.5 Å². The number of nitrogens with zero attached hydrogens (tertiary/aromatic N) is 2. The molecule has 9 nitrogen and oxygen atoms in total. The van der Waals surface area contributed by atoms with Crippen molar-refractivity contribution in [2.24, 2.45) is 5.92 Å². The summed E-state index contributed by atoms with van der Waals surface area (Å²) in [6.07, 6.45) is 2.08. The number of amides is 4. The van der Waals surface area contributed by atoms with E-state index in [1.807, 2.05) is 4.90 Å². The highest BCUT2D eigenvalue weighted by molar-refractivity contribution is 5.95. The van der Waals surface area contributed by atoms with Gasteiger partial charge in [-0.15, -0.1) is 0 Å². The van der Waals surface area contributed by atoms with Crippen molar-refractivity contribution in [3.8, 4) is 0 Å². The van der Waals surface area contributed by atoms with Crippen molar-refractivity contribution in [1.29, 1.82) is 0 Å². The number of hydrogen-bond donors (Lipinski definition) is 2. The van der Waals surface area contributed by atoms with E-state index in [0.717, 1.165) is 12.8 Å². The van der Waals surface area contributed by atoms with Crippen LogP contribution in [0.25, 0.3) is 0 Å². The van der Waals surface area contributed by atoms with E-state index in [0.29, 0.717) is 37.4 Å². The Morgan fingerprint density at radius 1 is 1.00 bits per heavy atom. The van der Waals surface area contributed by atoms with Crippen LogP contribution in [0.5, 0.6) is 0 Å². The van der Waals surface area contributed by atoms with Gasteiger partial charge in [0.1, 0.15) is 0 Å². The van der Waals surface area contributed by atoms with Crippen LogP contribution in [0.2, 0.25) is 0 Å². The number of carbonyl (C=O) groups is 4. The number of esters is 1. The fourth-order valence-corrected chi connectivity index (χ4v) is 3.11. The SMILES string of the molecule is COC(=O)CCNC(=O)c1ccc(NC(=O)N2CCN(C(=O)C3CC3)CC2)cc1. The molecule has 0 spiro atoms. The Bertz CT molecular complexity index is 768. The molecule has 4 amide bonds. The molecule has 1 aliphatic heterocycles. The maximum atomic E-state index is 12.4. The molecule has 3 rings (SSSR count). The van der Waals surface area contributed by atoms with Crippen LogP contribution in [0.3, 0.4) is 0 Å². The van der Waals surface area contributed by atoms with Crippen molar-refractivity contribution < 1.29 is 23.9 Å². The maximum absolute atomic E-state index is 12.4. The van der Waals surface area contributed by atoms with Crippen LogP contribution in [-0.2, 0) is 14.3 Å². The molecule has 2 fully saturated rings. The molecule has 156 valence electrons. The van der Waals surface area contributed by atoms with Crippen molar-refractivity contribution in [3.63, 3.8) is 0 Å². The molecule has 2 aliphatic rings. The number of piperazine rings is 1. The van der Waals surface area contributed by atoms with Gasteiger partial charge in [0.15, 0.2) is 0 Å². The lowest BCUT2D eigenvalue weighted by molar-refractivity contribution is -0.140. The second-order valence-corrected chi connectivity index (χ2v) is 7.18. The van der Waals surface area contributed by atoms with E-state index in [2.05, 4.69) is 15.4 Å². The van der Waals surface area contributed by atoms with Gasteiger partial charge in [-0.3, -0.25) is 14.4 Å². The van der Waals surface area contributed by atoms with Crippen molar-refractivity contribution in [1.82, 2.24) is 15.1 Å². The Kier molecular flexibility index (Phi) is 6.69. The molecule has 1 heterocycles. The zero-order chi connectivity index (χ0) is 20.8. The highest BCUT2D eigenvalue weighted by Gasteiger charge is 2.35. The molecule has 0 bridgehead atoms. The molecule has 1 saturated heterocycles. The molecule has 0 aromatic heterocycles. The summed E-state index contributed by atoms with van der Waals surface area (Å²) in [5.41, 5.74) is 1.01. The summed E-state index contributed by atoms with van der Waals surface area (Å²) in [6.45, 7) is 2.33. The first-order chi connectivity index (χ1) is 14.0. The average molecular weight is 402 g/mol. The summed E-state index contributed by atoms with van der Waals surface area (Å²) < 4.78 is 4.52. The first-order valence-corrected chi connectivity index (χ1v) is 9.77. The summed E-state index contributed by atoms with van der Waals surface area (Å²) in [4.78, 5) is 51.1. The molecule has 1 aromatic carbocycles. The van der Waals surface area contributed by atoms with E-state index in [-0.39, 0.29) is 42.7 Å². The van der Waals surface area contributed by atoms with Crippen molar-refractivity contribution in [2.45, 2.75) is 19.3 Å². The zero-order valence-electron chi connectivity index (χ0n) is 16.5. The Balaban J connectivity index is 1.43. The van der Waals surface area contributed by atoms with E-state index in [1.165, 1.54) is 7.11 Å². The molecule has 1 aliphatic carbocycles. The predicted octanol–water partition coefficient (Wildman–Crippen LogP) is 1.07. The van der Waals surface area contributed by atoms with E-state index < -0.39 is 0 Å². The van der Waals surface area contributed by atoms with Gasteiger partial charge in [-0.05, 0) is 37.1 Å². The van der Waals surface area contributed by atoms with Crippen molar-refractivity contribution in [3.05, 3.63) is 29.8 Å². The van der Waals surface area contributed by atoms with Gasteiger partial charge in [0, 0.05) is 49.9 Å². The van der Waals surface area contributed by atoms with Gasteiger partial charge in [-0.25, -0.2) is 4.79 Å². The van der Waals surface area contributed by atoms with Gasteiger partial charge in [-0.1, -0.05) is 0 Å². The number of ether oxygens (including phenoxy) is 1. The second kappa shape index (κ2) is 9.40. The third kappa shape index (κ3) is 5.69. The number of benzene rings is 1. The van der Waals surface area contributed by atoms with Crippen LogP contribution in [0.15, 0.2) is 24.3 Å². The number of nitrogens with one attached hydrogen (secondary N) is 2. The Morgan fingerprint density at radius 3 is 2.21 bits per heavy atom. The minimum atomic E-state index is -0.388. The van der Waals surface area contributed by atoms with Crippen LogP contribution < -0.4 is 10.6 Å². The molecule has 9 heteroatoms. The molecular formula is C20H26N4O5. The second-order valence-electron chi connectivity index (χ2n) is 7.18. The minimum absolute atomic E-state index is 0.107. The van der Waals surface area contributed by atoms with Gasteiger partial charge in [0.25, 0.3) is 5.91 Å². The number of carbonyl (C=O) groups excluding carboxylic acids is 4. The highest BCUT2D eigenvalue weighted by Crippen LogP contribution is 2.31. The lowest BCUT2D eigenvalue weighted by Crippen LogP contribution is -2.52. The minimum Gasteiger partial charge on any atom is -0.469 e. The number of hydrogen-bond acceptors (Lipinski definition) is 5. The van der Waals surface area contributed by atoms with Crippen LogP contribution in [0.1, 0.15) is 29.6 Å². The fourth-order valence-electron chi connectivity index (χ4n) is 3.11. The Hall–Kier alpha value is -3.10. The van der Waals surface area contributed by atoms with Crippen LogP contribution in [-0.4, -0.2) is 73.4 Å². The van der Waals surface area contributed by atoms with E-state index >= 15 is 0 Å². The Labute approximate surface area is 169 Å². The van der Waals surface area contributed by atoms with Gasteiger partial charge in [0.05, 0.1) is 13.5 Å². The number of methoxy groups -OCH3 is 1. The average Bonchev–Trinajstić information content (AvgIpc) is 3.59. The van der Waals surface area contributed by atoms with E-state index in [1.54, 1.807) is 29.2 Å². The number of urea groups is 1. The molecule has 1 aromatic rings. The third-order valence-corrected chi connectivity index (χ3v) is 5.05. The smallest absolute Gasteiger partial charge is 0.321 e. The van der Waals surface area contributed by atoms with Gasteiger partial charge in [-0.2, -0.15) is 0 Å². The van der Waals surface area contributed by atoms with E-state index in [4.69, 9.17) is 0 Å². The monoisotopic (exact) mass is 402 g/mol. The van der Waals surface area contributed by atoms with Crippen LogP contribution >= 0.6 is 0 Å². The quantitative estimate of drug-likeness (QED) is 0.692. The third-order valence-electron chi connectivity index (χ3n) is 5.05. The molecular weight excluding hydrogens is 376 g/mol. The predicted molar refractivity (Wildman–Crippen MR) is 105 cm³/mol. The topological polar surface area (TPSA) is 108 Å².